The molecule has 0 spiro atoms. The molecule has 0 amide bonds. The molecular weight excluding hydrogens is 300 g/mol. The monoisotopic (exact) mass is 322 g/mol. The molecule has 2 N–H and O–H groups in total. The van der Waals surface area contributed by atoms with Crippen LogP contribution in [0.1, 0.15) is 48.5 Å². The molecule has 6 nitrogen and oxygen atoms in total. The van der Waals surface area contributed by atoms with Crippen molar-refractivity contribution in [3.8, 4) is 11.5 Å². The van der Waals surface area contributed by atoms with E-state index in [-0.39, 0.29) is 53.5 Å². The van der Waals surface area contributed by atoms with Gasteiger partial charge in [-0.3, -0.25) is 4.79 Å². The zero-order valence-corrected chi connectivity index (χ0v) is 13.4. The van der Waals surface area contributed by atoms with Gasteiger partial charge in [0, 0.05) is 26.0 Å². The van der Waals surface area contributed by atoms with Crippen molar-refractivity contribution >= 4 is 11.8 Å². The van der Waals surface area contributed by atoms with E-state index in [1.165, 1.54) is 6.07 Å². The van der Waals surface area contributed by atoms with Crippen LogP contribution in [-0.2, 0) is 20.7 Å². The Bertz CT molecular complexity index is 595. The van der Waals surface area contributed by atoms with Crippen LogP contribution >= 0.6 is 0 Å². The summed E-state index contributed by atoms with van der Waals surface area (Å²) in [5.74, 6) is -1.39. The molecule has 126 valence electrons. The second-order valence-electron chi connectivity index (χ2n) is 5.92. The molecule has 0 fully saturated rings. The Morgan fingerprint density at radius 3 is 2.65 bits per heavy atom. The van der Waals surface area contributed by atoms with Gasteiger partial charge < -0.3 is 19.7 Å². The first-order valence-corrected chi connectivity index (χ1v) is 7.71. The Labute approximate surface area is 135 Å². The minimum Gasteiger partial charge on any atom is -0.508 e. The summed E-state index contributed by atoms with van der Waals surface area (Å²) in [6.45, 7) is 1.79. The molecule has 1 aromatic rings. The lowest BCUT2D eigenvalue weighted by molar-refractivity contribution is -0.120. The summed E-state index contributed by atoms with van der Waals surface area (Å²) in [5.41, 5.74) is 0.206. The Morgan fingerprint density at radius 1 is 1.22 bits per heavy atom. The fourth-order valence-electron chi connectivity index (χ4n) is 2.82. The van der Waals surface area contributed by atoms with E-state index < -0.39 is 5.97 Å². The largest absolute Gasteiger partial charge is 0.508 e. The lowest BCUT2D eigenvalue weighted by Crippen LogP contribution is -2.22. The van der Waals surface area contributed by atoms with E-state index in [2.05, 4.69) is 0 Å². The fourth-order valence-corrected chi connectivity index (χ4v) is 2.82. The van der Waals surface area contributed by atoms with Crippen LogP contribution in [0.5, 0.6) is 11.5 Å². The van der Waals surface area contributed by atoms with E-state index in [1.54, 1.807) is 14.0 Å². The molecule has 2 rings (SSSR count). The SMILES string of the molecule is CO[C@@H]1CCC[C@H](C)OC(=O)c2c(O)cc(O)cc2CC(=O)C1. The highest BCUT2D eigenvalue weighted by atomic mass is 16.5. The van der Waals surface area contributed by atoms with Crippen molar-refractivity contribution < 1.29 is 29.3 Å². The summed E-state index contributed by atoms with van der Waals surface area (Å²) in [6.07, 6.45) is 1.80. The molecule has 0 aliphatic carbocycles. The Kier molecular flexibility index (Phi) is 5.60. The van der Waals surface area contributed by atoms with Gasteiger partial charge in [0.2, 0.25) is 0 Å². The number of rotatable bonds is 1. The molecule has 0 saturated heterocycles. The normalized spacial score (nSPS) is 23.4. The Hall–Kier alpha value is -2.08. The maximum absolute atomic E-state index is 12.3. The van der Waals surface area contributed by atoms with Crippen LogP contribution in [0.4, 0.5) is 0 Å². The van der Waals surface area contributed by atoms with E-state index in [1.807, 2.05) is 0 Å². The first-order valence-electron chi connectivity index (χ1n) is 7.71. The van der Waals surface area contributed by atoms with Gasteiger partial charge in [-0.05, 0) is 37.8 Å². The zero-order valence-electron chi connectivity index (χ0n) is 13.4. The predicted molar refractivity (Wildman–Crippen MR) is 82.6 cm³/mol. The predicted octanol–water partition coefficient (Wildman–Crippen LogP) is 2.34. The number of hydrogen-bond acceptors (Lipinski definition) is 6. The van der Waals surface area contributed by atoms with Gasteiger partial charge in [-0.1, -0.05) is 0 Å². The smallest absolute Gasteiger partial charge is 0.342 e. The average Bonchev–Trinajstić information content (AvgIpc) is 2.44. The molecule has 23 heavy (non-hydrogen) atoms. The van der Waals surface area contributed by atoms with Crippen LogP contribution in [0.2, 0.25) is 0 Å². The van der Waals surface area contributed by atoms with Crippen LogP contribution in [0.3, 0.4) is 0 Å². The third-order valence-electron chi connectivity index (χ3n) is 4.01. The minimum absolute atomic E-state index is 0.0578. The first-order chi connectivity index (χ1) is 10.9. The number of aromatic hydroxyl groups is 2. The number of phenols is 2. The number of phenolic OH excluding ortho intramolecular Hbond substituents is 2. The lowest BCUT2D eigenvalue weighted by Gasteiger charge is -2.20. The third-order valence-corrected chi connectivity index (χ3v) is 4.01. The molecule has 1 heterocycles. The average molecular weight is 322 g/mol. The molecule has 1 aliphatic rings. The van der Waals surface area contributed by atoms with Gasteiger partial charge in [-0.25, -0.2) is 4.79 Å². The number of hydrogen-bond donors (Lipinski definition) is 2. The minimum atomic E-state index is -0.679. The number of esters is 1. The molecule has 0 bridgehead atoms. The van der Waals surface area contributed by atoms with Crippen LogP contribution in [0.15, 0.2) is 12.1 Å². The molecular formula is C17H22O6. The highest BCUT2D eigenvalue weighted by Gasteiger charge is 2.25. The number of methoxy groups -OCH3 is 1. The quantitative estimate of drug-likeness (QED) is 0.771. The van der Waals surface area contributed by atoms with Gasteiger partial charge in [0.1, 0.15) is 22.8 Å². The molecule has 6 heteroatoms. The topological polar surface area (TPSA) is 93.1 Å². The number of fused-ring (bicyclic) bond motifs is 1. The van der Waals surface area contributed by atoms with E-state index in [9.17, 15) is 19.8 Å². The van der Waals surface area contributed by atoms with Crippen molar-refractivity contribution in [2.45, 2.75) is 51.2 Å². The van der Waals surface area contributed by atoms with Crippen LogP contribution in [-0.4, -0.2) is 41.3 Å². The highest BCUT2D eigenvalue weighted by Crippen LogP contribution is 2.30. The maximum Gasteiger partial charge on any atom is 0.342 e. The molecule has 0 radical (unpaired) electrons. The van der Waals surface area contributed by atoms with E-state index in [0.29, 0.717) is 12.8 Å². The first kappa shape index (κ1) is 17.3. The lowest BCUT2D eigenvalue weighted by atomic mass is 9.96. The van der Waals surface area contributed by atoms with E-state index in [4.69, 9.17) is 9.47 Å². The summed E-state index contributed by atoms with van der Waals surface area (Å²) in [4.78, 5) is 24.5. The van der Waals surface area contributed by atoms with Crippen molar-refractivity contribution in [1.82, 2.24) is 0 Å². The summed E-state index contributed by atoms with van der Waals surface area (Å²) in [7, 11) is 1.57. The number of benzene rings is 1. The summed E-state index contributed by atoms with van der Waals surface area (Å²) >= 11 is 0. The van der Waals surface area contributed by atoms with Gasteiger partial charge in [-0.15, -0.1) is 0 Å². The third kappa shape index (κ3) is 4.45. The van der Waals surface area contributed by atoms with Crippen LogP contribution in [0.25, 0.3) is 0 Å². The summed E-state index contributed by atoms with van der Waals surface area (Å²) < 4.78 is 10.7. The van der Waals surface area contributed by atoms with Crippen molar-refractivity contribution in [1.29, 1.82) is 0 Å². The molecule has 0 saturated carbocycles. The second-order valence-corrected chi connectivity index (χ2v) is 5.92. The van der Waals surface area contributed by atoms with Crippen LogP contribution in [0, 0.1) is 0 Å². The number of ketones is 1. The zero-order chi connectivity index (χ0) is 17.0. The second kappa shape index (κ2) is 7.46. The number of carbonyl (C=O) groups excluding carboxylic acids is 2. The van der Waals surface area contributed by atoms with E-state index >= 15 is 0 Å². The van der Waals surface area contributed by atoms with Gasteiger partial charge in [0.15, 0.2) is 0 Å². The Morgan fingerprint density at radius 2 is 1.96 bits per heavy atom. The standard InChI is InChI=1S/C17H22O6/c1-10-4-3-5-14(22-2)8-12(18)6-11-7-13(19)9-15(20)16(11)17(21)23-10/h7,9-10,14,19-20H,3-6,8H2,1-2H3/t10-,14+/m0/s1. The maximum atomic E-state index is 12.3. The summed E-state index contributed by atoms with van der Waals surface area (Å²) in [6, 6.07) is 2.38. The molecule has 1 aromatic carbocycles. The molecule has 2 atom stereocenters. The Balaban J connectivity index is 2.38. The van der Waals surface area contributed by atoms with Gasteiger partial charge in [0.25, 0.3) is 0 Å². The van der Waals surface area contributed by atoms with Crippen molar-refractivity contribution in [3.05, 3.63) is 23.3 Å². The van der Waals surface area contributed by atoms with Crippen molar-refractivity contribution in [2.75, 3.05) is 7.11 Å². The molecule has 1 aliphatic heterocycles. The number of Topliss-reactive ketones (excluding diaryl/α,β-unsaturated/α-hetero) is 1. The van der Waals surface area contributed by atoms with Crippen molar-refractivity contribution in [2.24, 2.45) is 0 Å². The fraction of sp³-hybridized carbons (Fsp3) is 0.529. The van der Waals surface area contributed by atoms with E-state index in [0.717, 1.165) is 12.5 Å². The van der Waals surface area contributed by atoms with Crippen molar-refractivity contribution in [3.63, 3.8) is 0 Å². The van der Waals surface area contributed by atoms with Crippen LogP contribution < -0.4 is 0 Å². The molecule has 0 unspecified atom stereocenters. The van der Waals surface area contributed by atoms with Gasteiger partial charge in [0.05, 0.1) is 12.2 Å². The van der Waals surface area contributed by atoms with Gasteiger partial charge >= 0.3 is 5.97 Å². The molecule has 0 aromatic heterocycles. The number of ether oxygens (including phenoxy) is 2. The number of cyclic esters (lactones) is 1. The number of carbonyl (C=O) groups is 2. The highest BCUT2D eigenvalue weighted by molar-refractivity contribution is 5.96. The summed E-state index contributed by atoms with van der Waals surface area (Å²) in [5, 5.41) is 19.6. The van der Waals surface area contributed by atoms with Gasteiger partial charge in [-0.2, -0.15) is 0 Å².